The van der Waals surface area contributed by atoms with Crippen molar-refractivity contribution in [3.8, 4) is 0 Å². The minimum atomic E-state index is -0.997. The molecule has 2 N–H and O–H groups in total. The molecule has 0 aliphatic rings. The minimum absolute atomic E-state index is 0.182. The second-order valence-electron chi connectivity index (χ2n) is 4.20. The fourth-order valence-corrected chi connectivity index (χ4v) is 2.64. The lowest BCUT2D eigenvalue weighted by atomic mass is 10.1. The lowest BCUT2D eigenvalue weighted by Crippen LogP contribution is -2.21. The highest BCUT2D eigenvalue weighted by Gasteiger charge is 2.08. The molecule has 21 heavy (non-hydrogen) atoms. The van der Waals surface area contributed by atoms with Gasteiger partial charge in [0.25, 0.3) is 5.91 Å². The van der Waals surface area contributed by atoms with Crippen LogP contribution in [0.4, 0.5) is 0 Å². The summed E-state index contributed by atoms with van der Waals surface area (Å²) in [4.78, 5) is 22.9. The van der Waals surface area contributed by atoms with E-state index in [-0.39, 0.29) is 5.91 Å². The molecule has 0 aliphatic carbocycles. The van der Waals surface area contributed by atoms with Crippen LogP contribution in [-0.4, -0.2) is 17.0 Å². The zero-order chi connectivity index (χ0) is 15.2. The van der Waals surface area contributed by atoms with Crippen molar-refractivity contribution in [2.24, 2.45) is 0 Å². The molecule has 0 fully saturated rings. The van der Waals surface area contributed by atoms with E-state index in [1.807, 2.05) is 18.2 Å². The van der Waals surface area contributed by atoms with E-state index in [1.54, 1.807) is 18.2 Å². The largest absolute Gasteiger partial charge is 0.478 e. The summed E-state index contributed by atoms with van der Waals surface area (Å²) in [5, 5.41) is 11.4. The molecule has 0 atom stereocenters. The average Bonchev–Trinajstić information content (AvgIpc) is 2.90. The van der Waals surface area contributed by atoms with Crippen LogP contribution in [0, 0.1) is 0 Å². The summed E-state index contributed by atoms with van der Waals surface area (Å²) in [5.74, 6) is -1.18. The molecule has 0 aliphatic heterocycles. The first-order valence-corrected chi connectivity index (χ1v) is 7.27. The minimum Gasteiger partial charge on any atom is -0.478 e. The second-order valence-corrected chi connectivity index (χ2v) is 5.92. The number of carboxylic acids is 1. The summed E-state index contributed by atoms with van der Waals surface area (Å²) in [6, 6.07) is 10.6. The van der Waals surface area contributed by atoms with Gasteiger partial charge in [0.15, 0.2) is 0 Å². The Morgan fingerprint density at radius 2 is 2.10 bits per heavy atom. The van der Waals surface area contributed by atoms with E-state index < -0.39 is 5.97 Å². The molecule has 0 radical (unpaired) electrons. The Kier molecular flexibility index (Phi) is 5.14. The smallest absolute Gasteiger partial charge is 0.328 e. The fourth-order valence-electron chi connectivity index (χ4n) is 1.68. The topological polar surface area (TPSA) is 66.4 Å². The lowest BCUT2D eigenvalue weighted by molar-refractivity contribution is -0.131. The Balaban J connectivity index is 1.98. The van der Waals surface area contributed by atoms with Gasteiger partial charge in [-0.25, -0.2) is 4.79 Å². The first-order valence-electron chi connectivity index (χ1n) is 6.08. The van der Waals surface area contributed by atoms with Crippen molar-refractivity contribution >= 4 is 40.9 Å². The number of carbonyl (C=O) groups is 2. The van der Waals surface area contributed by atoms with Gasteiger partial charge in [-0.2, -0.15) is 0 Å². The highest BCUT2D eigenvalue weighted by atomic mass is 35.5. The summed E-state index contributed by atoms with van der Waals surface area (Å²) in [5.41, 5.74) is 1.65. The van der Waals surface area contributed by atoms with Crippen LogP contribution < -0.4 is 5.32 Å². The normalized spacial score (nSPS) is 10.7. The monoisotopic (exact) mass is 321 g/mol. The van der Waals surface area contributed by atoms with Gasteiger partial charge >= 0.3 is 5.97 Å². The Bertz CT molecular complexity index is 694. The number of carbonyl (C=O) groups excluding carboxylic acids is 1. The first-order chi connectivity index (χ1) is 10.0. The first kappa shape index (κ1) is 15.3. The van der Waals surface area contributed by atoms with Crippen LogP contribution in [0.2, 0.25) is 4.34 Å². The molecule has 0 unspecified atom stereocenters. The molecule has 0 bridgehead atoms. The van der Waals surface area contributed by atoms with E-state index in [0.717, 1.165) is 17.2 Å². The molecule has 1 heterocycles. The molecule has 4 nitrogen and oxygen atoms in total. The average molecular weight is 322 g/mol. The zero-order valence-electron chi connectivity index (χ0n) is 10.9. The molecule has 108 valence electrons. The van der Waals surface area contributed by atoms with Crippen molar-refractivity contribution < 1.29 is 14.7 Å². The van der Waals surface area contributed by atoms with Crippen LogP contribution in [0.1, 0.15) is 20.8 Å². The van der Waals surface area contributed by atoms with Gasteiger partial charge in [-0.1, -0.05) is 29.8 Å². The van der Waals surface area contributed by atoms with Gasteiger partial charge in [0, 0.05) is 12.6 Å². The molecule has 2 aromatic rings. The molecule has 1 aromatic heterocycles. The number of aliphatic carboxylic acids is 1. The molecule has 0 saturated carbocycles. The number of thiophene rings is 1. The standard InChI is InChI=1S/C15H12ClNO3S/c16-13-6-5-12(21-13)15(20)17-9-11-3-1-2-10(8-11)4-7-14(18)19/h1-8H,9H2,(H,17,20)(H,18,19). The highest BCUT2D eigenvalue weighted by Crippen LogP contribution is 2.21. The predicted molar refractivity (Wildman–Crippen MR) is 83.6 cm³/mol. The van der Waals surface area contributed by atoms with Crippen molar-refractivity contribution in [2.45, 2.75) is 6.54 Å². The summed E-state index contributed by atoms with van der Waals surface area (Å²) in [6.45, 7) is 0.364. The number of halogens is 1. The predicted octanol–water partition coefficient (Wildman–Crippen LogP) is 3.43. The number of rotatable bonds is 5. The maximum atomic E-state index is 11.9. The summed E-state index contributed by atoms with van der Waals surface area (Å²) in [6.07, 6.45) is 2.58. The Morgan fingerprint density at radius 3 is 2.76 bits per heavy atom. The van der Waals surface area contributed by atoms with Gasteiger partial charge in [0.1, 0.15) is 0 Å². The number of carboxylic acid groups (broad SMARTS) is 1. The molecule has 0 spiro atoms. The fraction of sp³-hybridized carbons (Fsp3) is 0.0667. The molecule has 2 rings (SSSR count). The summed E-state index contributed by atoms with van der Waals surface area (Å²) in [7, 11) is 0. The van der Waals surface area contributed by atoms with E-state index in [0.29, 0.717) is 15.8 Å². The van der Waals surface area contributed by atoms with Gasteiger partial charge in [-0.05, 0) is 35.4 Å². The lowest BCUT2D eigenvalue weighted by Gasteiger charge is -2.04. The van der Waals surface area contributed by atoms with E-state index in [2.05, 4.69) is 5.32 Å². The molecule has 0 saturated heterocycles. The highest BCUT2D eigenvalue weighted by molar-refractivity contribution is 7.17. The SMILES string of the molecule is O=C(O)C=Cc1cccc(CNC(=O)c2ccc(Cl)s2)c1. The quantitative estimate of drug-likeness (QED) is 0.829. The van der Waals surface area contributed by atoms with Crippen LogP contribution in [0.25, 0.3) is 6.08 Å². The Hall–Kier alpha value is -2.11. The van der Waals surface area contributed by atoms with Gasteiger partial charge in [-0.15, -0.1) is 11.3 Å². The summed E-state index contributed by atoms with van der Waals surface area (Å²) < 4.78 is 0.570. The molecule has 1 amide bonds. The molecular weight excluding hydrogens is 310 g/mol. The number of amides is 1. The van der Waals surface area contributed by atoms with Crippen molar-refractivity contribution in [2.75, 3.05) is 0 Å². The maximum absolute atomic E-state index is 11.9. The number of hydrogen-bond acceptors (Lipinski definition) is 3. The van der Waals surface area contributed by atoms with Gasteiger partial charge in [-0.3, -0.25) is 4.79 Å². The van der Waals surface area contributed by atoms with Crippen LogP contribution in [-0.2, 0) is 11.3 Å². The number of benzene rings is 1. The van der Waals surface area contributed by atoms with E-state index >= 15 is 0 Å². The van der Waals surface area contributed by atoms with E-state index in [4.69, 9.17) is 16.7 Å². The van der Waals surface area contributed by atoms with Crippen LogP contribution in [0.15, 0.2) is 42.5 Å². The van der Waals surface area contributed by atoms with Gasteiger partial charge in [0.2, 0.25) is 0 Å². The number of hydrogen-bond donors (Lipinski definition) is 2. The van der Waals surface area contributed by atoms with Crippen molar-refractivity contribution in [3.63, 3.8) is 0 Å². The zero-order valence-corrected chi connectivity index (χ0v) is 12.4. The van der Waals surface area contributed by atoms with Crippen LogP contribution in [0.5, 0.6) is 0 Å². The maximum Gasteiger partial charge on any atom is 0.328 e. The van der Waals surface area contributed by atoms with Gasteiger partial charge < -0.3 is 10.4 Å². The van der Waals surface area contributed by atoms with E-state index in [1.165, 1.54) is 17.4 Å². The Morgan fingerprint density at radius 1 is 1.29 bits per heavy atom. The van der Waals surface area contributed by atoms with Gasteiger partial charge in [0.05, 0.1) is 9.21 Å². The van der Waals surface area contributed by atoms with Crippen molar-refractivity contribution in [1.29, 1.82) is 0 Å². The molecule has 1 aromatic carbocycles. The third-order valence-corrected chi connectivity index (χ3v) is 3.85. The summed E-state index contributed by atoms with van der Waals surface area (Å²) >= 11 is 7.01. The molecule has 6 heteroatoms. The third kappa shape index (κ3) is 4.73. The van der Waals surface area contributed by atoms with E-state index in [9.17, 15) is 9.59 Å². The van der Waals surface area contributed by atoms with Crippen LogP contribution >= 0.6 is 22.9 Å². The van der Waals surface area contributed by atoms with Crippen molar-refractivity contribution in [1.82, 2.24) is 5.32 Å². The second kappa shape index (κ2) is 7.06. The third-order valence-electron chi connectivity index (χ3n) is 2.62. The molecular formula is C15H12ClNO3S. The van der Waals surface area contributed by atoms with Crippen LogP contribution in [0.3, 0.4) is 0 Å². The number of nitrogens with one attached hydrogen (secondary N) is 1. The Labute approximate surface area is 130 Å². The van der Waals surface area contributed by atoms with Crippen molar-refractivity contribution in [3.05, 3.63) is 62.8 Å².